The molecule has 3 N–H and O–H groups in total. The molecule has 18 heavy (non-hydrogen) atoms. The highest BCUT2D eigenvalue weighted by atomic mass is 16.2. The van der Waals surface area contributed by atoms with Crippen LogP contribution < -0.4 is 11.1 Å². The number of nitrogens with one attached hydrogen (secondary N) is 1. The monoisotopic (exact) mass is 253 g/mol. The SMILES string of the molecule is CN1CCC(NC(=O)C2CCC(CN)CC2)C1=O. The molecule has 1 aliphatic heterocycles. The lowest BCUT2D eigenvalue weighted by atomic mass is 9.81. The predicted molar refractivity (Wildman–Crippen MR) is 68.7 cm³/mol. The highest BCUT2D eigenvalue weighted by molar-refractivity contribution is 5.89. The van der Waals surface area contributed by atoms with Crippen molar-refractivity contribution in [2.75, 3.05) is 20.1 Å². The molecule has 1 saturated heterocycles. The van der Waals surface area contributed by atoms with Gasteiger partial charge in [-0.1, -0.05) is 0 Å². The Balaban J connectivity index is 1.80. The molecule has 2 aliphatic rings. The number of likely N-dealkylation sites (N-methyl/N-ethyl adjacent to an activating group) is 1. The number of amides is 2. The molecule has 0 spiro atoms. The molecular weight excluding hydrogens is 230 g/mol. The van der Waals surface area contributed by atoms with Gasteiger partial charge >= 0.3 is 0 Å². The first-order valence-corrected chi connectivity index (χ1v) is 6.87. The van der Waals surface area contributed by atoms with Crippen molar-refractivity contribution in [2.24, 2.45) is 17.6 Å². The van der Waals surface area contributed by atoms with Crippen LogP contribution in [0.3, 0.4) is 0 Å². The molecular formula is C13H23N3O2. The Kier molecular flexibility index (Phi) is 4.22. The standard InChI is InChI=1S/C13H23N3O2/c1-16-7-6-11(13(16)18)15-12(17)10-4-2-9(8-14)3-5-10/h9-11H,2-8,14H2,1H3,(H,15,17). The number of carbonyl (C=O) groups is 2. The van der Waals surface area contributed by atoms with Crippen LogP contribution in [0.2, 0.25) is 0 Å². The van der Waals surface area contributed by atoms with Crippen molar-refractivity contribution in [3.8, 4) is 0 Å². The van der Waals surface area contributed by atoms with Crippen LogP contribution in [0.15, 0.2) is 0 Å². The van der Waals surface area contributed by atoms with Crippen molar-refractivity contribution >= 4 is 11.8 Å². The Morgan fingerprint density at radius 1 is 1.33 bits per heavy atom. The van der Waals surface area contributed by atoms with Crippen LogP contribution in [-0.2, 0) is 9.59 Å². The molecule has 2 amide bonds. The second kappa shape index (κ2) is 5.69. The van der Waals surface area contributed by atoms with Crippen LogP contribution >= 0.6 is 0 Å². The van der Waals surface area contributed by atoms with E-state index in [2.05, 4.69) is 5.32 Å². The fraction of sp³-hybridized carbons (Fsp3) is 0.846. The van der Waals surface area contributed by atoms with Crippen LogP contribution in [0.4, 0.5) is 0 Å². The van der Waals surface area contributed by atoms with Gasteiger partial charge in [0.1, 0.15) is 6.04 Å². The summed E-state index contributed by atoms with van der Waals surface area (Å²) in [5.74, 6) is 0.748. The Hall–Kier alpha value is -1.10. The zero-order chi connectivity index (χ0) is 13.1. The van der Waals surface area contributed by atoms with Crippen molar-refractivity contribution < 1.29 is 9.59 Å². The molecule has 0 bridgehead atoms. The largest absolute Gasteiger partial charge is 0.344 e. The van der Waals surface area contributed by atoms with Gasteiger partial charge in [0.2, 0.25) is 11.8 Å². The van der Waals surface area contributed by atoms with Gasteiger partial charge in [-0.15, -0.1) is 0 Å². The van der Waals surface area contributed by atoms with Crippen molar-refractivity contribution in [2.45, 2.75) is 38.1 Å². The van der Waals surface area contributed by atoms with E-state index in [1.54, 1.807) is 11.9 Å². The van der Waals surface area contributed by atoms with E-state index in [4.69, 9.17) is 5.73 Å². The summed E-state index contributed by atoms with van der Waals surface area (Å²) in [6.45, 7) is 1.46. The van der Waals surface area contributed by atoms with Crippen molar-refractivity contribution in [3.63, 3.8) is 0 Å². The van der Waals surface area contributed by atoms with Gasteiger partial charge in [0.05, 0.1) is 0 Å². The van der Waals surface area contributed by atoms with E-state index in [1.165, 1.54) is 0 Å². The summed E-state index contributed by atoms with van der Waals surface area (Å²) < 4.78 is 0. The van der Waals surface area contributed by atoms with Crippen molar-refractivity contribution in [1.82, 2.24) is 10.2 Å². The summed E-state index contributed by atoms with van der Waals surface area (Å²) in [7, 11) is 1.78. The lowest BCUT2D eigenvalue weighted by molar-refractivity contribution is -0.133. The van der Waals surface area contributed by atoms with Gasteiger partial charge in [0.15, 0.2) is 0 Å². The fourth-order valence-corrected chi connectivity index (χ4v) is 2.91. The molecule has 2 fully saturated rings. The molecule has 1 aliphatic carbocycles. The molecule has 0 aromatic heterocycles. The van der Waals surface area contributed by atoms with E-state index in [0.717, 1.165) is 45.2 Å². The molecule has 5 heteroatoms. The number of hydrogen-bond donors (Lipinski definition) is 2. The third kappa shape index (κ3) is 2.83. The smallest absolute Gasteiger partial charge is 0.244 e. The maximum atomic E-state index is 12.1. The van der Waals surface area contributed by atoms with E-state index in [-0.39, 0.29) is 23.8 Å². The van der Waals surface area contributed by atoms with Gasteiger partial charge in [0, 0.05) is 19.5 Å². The number of nitrogens with two attached hydrogens (primary N) is 1. The summed E-state index contributed by atoms with van der Waals surface area (Å²) >= 11 is 0. The van der Waals surface area contributed by atoms with E-state index in [9.17, 15) is 9.59 Å². The molecule has 0 aromatic carbocycles. The summed E-state index contributed by atoms with van der Waals surface area (Å²) in [4.78, 5) is 25.5. The summed E-state index contributed by atoms with van der Waals surface area (Å²) in [6.07, 6.45) is 4.62. The van der Waals surface area contributed by atoms with Crippen LogP contribution in [0, 0.1) is 11.8 Å². The maximum Gasteiger partial charge on any atom is 0.244 e. The second-order valence-corrected chi connectivity index (χ2v) is 5.56. The van der Waals surface area contributed by atoms with Gasteiger partial charge < -0.3 is 16.0 Å². The van der Waals surface area contributed by atoms with Crippen LogP contribution in [-0.4, -0.2) is 42.9 Å². The lowest BCUT2D eigenvalue weighted by Crippen LogP contribution is -2.44. The summed E-state index contributed by atoms with van der Waals surface area (Å²) in [6, 6.07) is -0.297. The Labute approximate surface area is 108 Å². The minimum absolute atomic E-state index is 0.0407. The fourth-order valence-electron chi connectivity index (χ4n) is 2.91. The van der Waals surface area contributed by atoms with Crippen molar-refractivity contribution in [3.05, 3.63) is 0 Å². The highest BCUT2D eigenvalue weighted by Gasteiger charge is 2.33. The van der Waals surface area contributed by atoms with Crippen molar-refractivity contribution in [1.29, 1.82) is 0 Å². The van der Waals surface area contributed by atoms with E-state index in [0.29, 0.717) is 5.92 Å². The van der Waals surface area contributed by atoms with E-state index < -0.39 is 0 Å². The van der Waals surface area contributed by atoms with E-state index >= 15 is 0 Å². The Bertz CT molecular complexity index is 324. The number of carbonyl (C=O) groups excluding carboxylic acids is 2. The Morgan fingerprint density at radius 3 is 2.50 bits per heavy atom. The summed E-state index contributed by atoms with van der Waals surface area (Å²) in [5.41, 5.74) is 5.64. The number of nitrogens with zero attached hydrogens (tertiary/aromatic N) is 1. The molecule has 5 nitrogen and oxygen atoms in total. The molecule has 102 valence electrons. The van der Waals surface area contributed by atoms with Gasteiger partial charge in [-0.25, -0.2) is 0 Å². The maximum absolute atomic E-state index is 12.1. The zero-order valence-electron chi connectivity index (χ0n) is 11.0. The molecule has 1 atom stereocenters. The second-order valence-electron chi connectivity index (χ2n) is 5.56. The predicted octanol–water partition coefficient (Wildman–Crippen LogP) is 0.0984. The van der Waals surface area contributed by atoms with Gasteiger partial charge in [-0.05, 0) is 44.6 Å². The van der Waals surface area contributed by atoms with Crippen LogP contribution in [0.25, 0.3) is 0 Å². The minimum atomic E-state index is -0.297. The lowest BCUT2D eigenvalue weighted by Gasteiger charge is -2.27. The average molecular weight is 253 g/mol. The molecule has 1 heterocycles. The third-order valence-corrected chi connectivity index (χ3v) is 4.29. The zero-order valence-corrected chi connectivity index (χ0v) is 11.0. The van der Waals surface area contributed by atoms with Gasteiger partial charge in [0.25, 0.3) is 0 Å². The summed E-state index contributed by atoms with van der Waals surface area (Å²) in [5, 5.41) is 2.90. The third-order valence-electron chi connectivity index (χ3n) is 4.29. The molecule has 1 unspecified atom stereocenters. The van der Waals surface area contributed by atoms with Crippen LogP contribution in [0.1, 0.15) is 32.1 Å². The quantitative estimate of drug-likeness (QED) is 0.749. The topological polar surface area (TPSA) is 75.4 Å². The first-order chi connectivity index (χ1) is 8.61. The molecule has 0 radical (unpaired) electrons. The number of likely N-dealkylation sites (tertiary alicyclic amines) is 1. The van der Waals surface area contributed by atoms with Gasteiger partial charge in [-0.2, -0.15) is 0 Å². The Morgan fingerprint density at radius 2 is 2.00 bits per heavy atom. The minimum Gasteiger partial charge on any atom is -0.344 e. The first-order valence-electron chi connectivity index (χ1n) is 6.87. The van der Waals surface area contributed by atoms with Gasteiger partial charge in [-0.3, -0.25) is 9.59 Å². The average Bonchev–Trinajstić information content (AvgIpc) is 2.71. The first kappa shape index (κ1) is 13.3. The normalized spacial score (nSPS) is 32.7. The molecule has 0 aromatic rings. The highest BCUT2D eigenvalue weighted by Crippen LogP contribution is 2.28. The molecule has 2 rings (SSSR count). The van der Waals surface area contributed by atoms with Crippen LogP contribution in [0.5, 0.6) is 0 Å². The number of rotatable bonds is 3. The molecule has 1 saturated carbocycles. The van der Waals surface area contributed by atoms with E-state index in [1.807, 2.05) is 0 Å². The number of hydrogen-bond acceptors (Lipinski definition) is 3.